The van der Waals surface area contributed by atoms with Gasteiger partial charge < -0.3 is 14.8 Å². The summed E-state index contributed by atoms with van der Waals surface area (Å²) in [6, 6.07) is 0. The number of hydrogen-bond acceptors (Lipinski definition) is 6. The minimum absolute atomic E-state index is 0.651. The Morgan fingerprint density at radius 2 is 2.12 bits per heavy atom. The van der Waals surface area contributed by atoms with Crippen LogP contribution in [0, 0.1) is 13.8 Å². The number of nitrogens with zero attached hydrogens (tertiary/aromatic N) is 2. The lowest BCUT2D eigenvalue weighted by atomic mass is 10.2. The summed E-state index contributed by atoms with van der Waals surface area (Å²) in [7, 11) is 0. The standard InChI is InChI=1S/C10H9N3O2S/c1-4-6(3-14-12-4)8-10-9(15-13-8)7(11)5(2)16-10/h3H,11H2,1-2H3. The van der Waals surface area contributed by atoms with Crippen LogP contribution in [-0.2, 0) is 0 Å². The highest BCUT2D eigenvalue weighted by atomic mass is 32.1. The number of nitrogens with two attached hydrogens (primary N) is 1. The lowest BCUT2D eigenvalue weighted by molar-refractivity contribution is 0.415. The zero-order valence-corrected chi connectivity index (χ0v) is 9.59. The van der Waals surface area contributed by atoms with E-state index in [1.54, 1.807) is 17.6 Å². The van der Waals surface area contributed by atoms with Gasteiger partial charge in [-0.2, -0.15) is 0 Å². The van der Waals surface area contributed by atoms with Gasteiger partial charge in [-0.15, -0.1) is 11.3 Å². The van der Waals surface area contributed by atoms with Gasteiger partial charge in [0.25, 0.3) is 0 Å². The van der Waals surface area contributed by atoms with Crippen LogP contribution in [0.15, 0.2) is 15.3 Å². The molecule has 0 aliphatic heterocycles. The second-order valence-corrected chi connectivity index (χ2v) is 4.80. The maximum absolute atomic E-state index is 5.88. The quantitative estimate of drug-likeness (QED) is 0.701. The fourth-order valence-corrected chi connectivity index (χ4v) is 2.60. The Morgan fingerprint density at radius 3 is 2.81 bits per heavy atom. The molecule has 16 heavy (non-hydrogen) atoms. The van der Waals surface area contributed by atoms with Crippen LogP contribution in [0.25, 0.3) is 21.5 Å². The van der Waals surface area contributed by atoms with E-state index in [9.17, 15) is 0 Å². The van der Waals surface area contributed by atoms with E-state index in [-0.39, 0.29) is 0 Å². The van der Waals surface area contributed by atoms with Crippen LogP contribution in [0.3, 0.4) is 0 Å². The Morgan fingerprint density at radius 1 is 1.31 bits per heavy atom. The monoisotopic (exact) mass is 235 g/mol. The third-order valence-corrected chi connectivity index (χ3v) is 3.64. The second kappa shape index (κ2) is 3.08. The second-order valence-electron chi connectivity index (χ2n) is 3.57. The number of thiophene rings is 1. The average molecular weight is 235 g/mol. The number of aryl methyl sites for hydroxylation is 2. The van der Waals surface area contributed by atoms with Gasteiger partial charge >= 0.3 is 0 Å². The average Bonchev–Trinajstić information content (AvgIpc) is 2.88. The maximum Gasteiger partial charge on any atom is 0.201 e. The molecule has 3 aromatic heterocycles. The summed E-state index contributed by atoms with van der Waals surface area (Å²) in [5, 5.41) is 7.84. The smallest absolute Gasteiger partial charge is 0.201 e. The van der Waals surface area contributed by atoms with Crippen molar-refractivity contribution in [2.75, 3.05) is 5.73 Å². The first kappa shape index (κ1) is 9.41. The number of aromatic nitrogens is 2. The summed E-state index contributed by atoms with van der Waals surface area (Å²) in [6.07, 6.45) is 1.57. The SMILES string of the molecule is Cc1nocc1-c1noc2c(N)c(C)sc12. The molecule has 0 aliphatic rings. The van der Waals surface area contributed by atoms with Crippen molar-refractivity contribution in [1.29, 1.82) is 0 Å². The number of fused-ring (bicyclic) bond motifs is 1. The zero-order chi connectivity index (χ0) is 11.3. The van der Waals surface area contributed by atoms with Crippen molar-refractivity contribution in [3.63, 3.8) is 0 Å². The van der Waals surface area contributed by atoms with Crippen molar-refractivity contribution in [3.8, 4) is 11.3 Å². The Kier molecular flexibility index (Phi) is 1.81. The van der Waals surface area contributed by atoms with Crippen LogP contribution in [-0.4, -0.2) is 10.3 Å². The lowest BCUT2D eigenvalue weighted by Crippen LogP contribution is -1.81. The first-order valence-corrected chi connectivity index (χ1v) is 5.55. The Labute approximate surface area is 94.8 Å². The van der Waals surface area contributed by atoms with E-state index in [2.05, 4.69) is 10.3 Å². The number of hydrogen-bond donors (Lipinski definition) is 1. The number of rotatable bonds is 1. The molecule has 5 nitrogen and oxygen atoms in total. The minimum Gasteiger partial charge on any atom is -0.395 e. The first-order valence-electron chi connectivity index (χ1n) is 4.74. The van der Waals surface area contributed by atoms with Crippen LogP contribution in [0.1, 0.15) is 10.6 Å². The third-order valence-electron chi connectivity index (χ3n) is 2.53. The van der Waals surface area contributed by atoms with Crippen molar-refractivity contribution in [3.05, 3.63) is 16.8 Å². The van der Waals surface area contributed by atoms with E-state index in [0.29, 0.717) is 11.3 Å². The normalized spacial score (nSPS) is 11.4. The highest BCUT2D eigenvalue weighted by Crippen LogP contribution is 2.39. The molecule has 0 saturated heterocycles. The Balaban J connectivity index is 2.33. The molecule has 3 aromatic rings. The summed E-state index contributed by atoms with van der Waals surface area (Å²) in [4.78, 5) is 1.03. The fraction of sp³-hybridized carbons (Fsp3) is 0.200. The molecule has 2 N–H and O–H groups in total. The topological polar surface area (TPSA) is 78.1 Å². The van der Waals surface area contributed by atoms with Gasteiger partial charge in [0.15, 0.2) is 0 Å². The van der Waals surface area contributed by atoms with Crippen LogP contribution in [0.2, 0.25) is 0 Å². The van der Waals surface area contributed by atoms with Gasteiger partial charge in [0.1, 0.15) is 16.7 Å². The van der Waals surface area contributed by atoms with Crippen LogP contribution >= 0.6 is 11.3 Å². The summed E-state index contributed by atoms with van der Waals surface area (Å²) < 4.78 is 11.1. The molecule has 3 heterocycles. The molecule has 0 radical (unpaired) electrons. The lowest BCUT2D eigenvalue weighted by Gasteiger charge is -1.88. The van der Waals surface area contributed by atoms with Gasteiger partial charge in [0, 0.05) is 4.88 Å². The molecule has 82 valence electrons. The Bertz CT molecular complexity index is 665. The van der Waals surface area contributed by atoms with E-state index in [1.165, 1.54) is 0 Å². The molecule has 0 atom stereocenters. The number of anilines is 1. The van der Waals surface area contributed by atoms with Crippen molar-refractivity contribution >= 4 is 27.3 Å². The molecule has 0 amide bonds. The van der Waals surface area contributed by atoms with E-state index in [1.807, 2.05) is 13.8 Å². The van der Waals surface area contributed by atoms with Gasteiger partial charge in [-0.1, -0.05) is 10.3 Å². The fourth-order valence-electron chi connectivity index (χ4n) is 1.61. The molecule has 0 fully saturated rings. The van der Waals surface area contributed by atoms with Crippen molar-refractivity contribution < 1.29 is 9.05 Å². The largest absolute Gasteiger partial charge is 0.395 e. The van der Waals surface area contributed by atoms with E-state index < -0.39 is 0 Å². The minimum atomic E-state index is 0.651. The number of nitrogen functional groups attached to an aromatic ring is 1. The van der Waals surface area contributed by atoms with Crippen LogP contribution < -0.4 is 5.73 Å². The van der Waals surface area contributed by atoms with E-state index in [0.717, 1.165) is 26.5 Å². The van der Waals surface area contributed by atoms with Crippen molar-refractivity contribution in [1.82, 2.24) is 10.3 Å². The summed E-state index contributed by atoms with van der Waals surface area (Å²) >= 11 is 1.57. The molecule has 3 rings (SSSR count). The highest BCUT2D eigenvalue weighted by molar-refractivity contribution is 7.20. The predicted molar refractivity (Wildman–Crippen MR) is 61.3 cm³/mol. The summed E-state index contributed by atoms with van der Waals surface area (Å²) in [5.74, 6) is 0. The van der Waals surface area contributed by atoms with Gasteiger partial charge in [-0.25, -0.2) is 0 Å². The molecule has 0 bridgehead atoms. The van der Waals surface area contributed by atoms with Crippen molar-refractivity contribution in [2.24, 2.45) is 0 Å². The van der Waals surface area contributed by atoms with Gasteiger partial charge in [-0.05, 0) is 13.8 Å². The van der Waals surface area contributed by atoms with Crippen LogP contribution in [0.5, 0.6) is 0 Å². The van der Waals surface area contributed by atoms with Crippen molar-refractivity contribution in [2.45, 2.75) is 13.8 Å². The first-order chi connectivity index (χ1) is 7.68. The molecule has 0 aromatic carbocycles. The highest BCUT2D eigenvalue weighted by Gasteiger charge is 2.20. The molecular formula is C10H9N3O2S. The van der Waals surface area contributed by atoms with E-state index in [4.69, 9.17) is 14.8 Å². The van der Waals surface area contributed by atoms with Crippen LogP contribution in [0.4, 0.5) is 5.69 Å². The molecule has 0 aliphatic carbocycles. The Hall–Kier alpha value is -1.82. The molecular weight excluding hydrogens is 226 g/mol. The summed E-state index contributed by atoms with van der Waals surface area (Å²) in [6.45, 7) is 3.82. The summed E-state index contributed by atoms with van der Waals surface area (Å²) in [5.41, 5.74) is 9.58. The maximum atomic E-state index is 5.88. The third kappa shape index (κ3) is 1.10. The molecule has 0 unspecified atom stereocenters. The van der Waals surface area contributed by atoms with Gasteiger partial charge in [-0.3, -0.25) is 0 Å². The predicted octanol–water partition coefficient (Wildman–Crippen LogP) is 2.74. The van der Waals surface area contributed by atoms with Gasteiger partial charge in [0.2, 0.25) is 5.58 Å². The molecule has 6 heteroatoms. The van der Waals surface area contributed by atoms with E-state index >= 15 is 0 Å². The molecule has 0 spiro atoms. The molecule has 0 saturated carbocycles. The van der Waals surface area contributed by atoms with Gasteiger partial charge in [0.05, 0.1) is 16.9 Å². The zero-order valence-electron chi connectivity index (χ0n) is 8.77.